The number of rotatable bonds is 7. The Kier molecular flexibility index (Phi) is 9.07. The minimum atomic E-state index is 0.332. The molecule has 2 atom stereocenters. The van der Waals surface area contributed by atoms with E-state index in [1.807, 2.05) is 23.5 Å². The molecule has 1 saturated carbocycles. The first-order valence-corrected chi connectivity index (χ1v) is 22.6. The first kappa shape index (κ1) is 36.6. The van der Waals surface area contributed by atoms with Crippen molar-refractivity contribution in [1.82, 2.24) is 15.0 Å². The second-order valence-electron chi connectivity index (χ2n) is 16.6. The first-order valence-electron chi connectivity index (χ1n) is 21.8. The maximum Gasteiger partial charge on any atom is 0.166 e. The fourth-order valence-electron chi connectivity index (χ4n) is 10.1. The molecule has 2 aliphatic rings. The Morgan fingerprint density at radius 1 is 0.419 bits per heavy atom. The number of hydrogen-bond donors (Lipinski definition) is 0. The maximum absolute atomic E-state index is 5.40. The van der Waals surface area contributed by atoms with Crippen LogP contribution in [0.3, 0.4) is 0 Å². The summed E-state index contributed by atoms with van der Waals surface area (Å²) in [5.74, 6) is 2.45. The van der Waals surface area contributed by atoms with E-state index < -0.39 is 0 Å². The molecule has 3 heterocycles. The molecule has 0 radical (unpaired) electrons. The molecule has 1 aliphatic carbocycles. The molecule has 0 saturated heterocycles. The Morgan fingerprint density at radius 3 is 1.65 bits per heavy atom. The molecule has 2 unspecified atom stereocenters. The number of thiophene rings is 1. The van der Waals surface area contributed by atoms with Crippen LogP contribution in [0.1, 0.15) is 37.2 Å². The third-order valence-corrected chi connectivity index (χ3v) is 14.2. The third kappa shape index (κ3) is 6.31. The minimum Gasteiger partial charge on any atom is -0.336 e. The van der Waals surface area contributed by atoms with Crippen LogP contribution in [0.2, 0.25) is 0 Å². The molecule has 0 N–H and O–H groups in total. The van der Waals surface area contributed by atoms with Gasteiger partial charge in [0.25, 0.3) is 0 Å². The Morgan fingerprint density at radius 2 is 0.968 bits per heavy atom. The van der Waals surface area contributed by atoms with Gasteiger partial charge in [-0.1, -0.05) is 183 Å². The molecule has 1 fully saturated rings. The maximum atomic E-state index is 5.40. The van der Waals surface area contributed by atoms with E-state index in [4.69, 9.17) is 15.0 Å². The monoisotopic (exact) mass is 814 g/mol. The van der Waals surface area contributed by atoms with Gasteiger partial charge in [0, 0.05) is 44.1 Å². The topological polar surface area (TPSA) is 41.9 Å². The van der Waals surface area contributed by atoms with Gasteiger partial charge in [0.15, 0.2) is 17.5 Å². The molecular weight excluding hydrogens is 773 g/mol. The molecule has 5 heteroatoms. The first-order chi connectivity index (χ1) is 30.7. The highest BCUT2D eigenvalue weighted by molar-refractivity contribution is 7.26. The van der Waals surface area contributed by atoms with Crippen LogP contribution in [-0.2, 0) is 0 Å². The fraction of sp³-hybridized carbons (Fsp3) is 0.105. The SMILES string of the molecule is c1ccc(-c2nc(-c3ccccc3)nc(-c3cc(-c4ccc(-c5ccccc5)c(-c5ccccc5)c4)ccc3N3c4c(ccc5c4sc4ccccc45)C4CCCCC43)n2)cc1. The van der Waals surface area contributed by atoms with Gasteiger partial charge in [0.2, 0.25) is 0 Å². The van der Waals surface area contributed by atoms with Gasteiger partial charge in [-0.15, -0.1) is 11.3 Å². The van der Waals surface area contributed by atoms with Gasteiger partial charge in [0.1, 0.15) is 0 Å². The number of anilines is 2. The summed E-state index contributed by atoms with van der Waals surface area (Å²) in [6, 6.07) is 70.1. The second-order valence-corrected chi connectivity index (χ2v) is 17.6. The lowest BCUT2D eigenvalue weighted by molar-refractivity contribution is 0.402. The van der Waals surface area contributed by atoms with Crippen molar-refractivity contribution in [3.8, 4) is 67.5 Å². The zero-order chi connectivity index (χ0) is 41.0. The van der Waals surface area contributed by atoms with E-state index in [1.165, 1.54) is 72.9 Å². The van der Waals surface area contributed by atoms with Gasteiger partial charge in [0.05, 0.1) is 16.1 Å². The van der Waals surface area contributed by atoms with E-state index in [0.29, 0.717) is 29.4 Å². The van der Waals surface area contributed by atoms with Gasteiger partial charge in [-0.3, -0.25) is 0 Å². The van der Waals surface area contributed by atoms with E-state index in [2.05, 4.69) is 187 Å². The van der Waals surface area contributed by atoms with E-state index in [-0.39, 0.29) is 0 Å². The molecule has 0 bridgehead atoms. The predicted octanol–water partition coefficient (Wildman–Crippen LogP) is 15.4. The van der Waals surface area contributed by atoms with Gasteiger partial charge in [-0.25, -0.2) is 15.0 Å². The third-order valence-electron chi connectivity index (χ3n) is 13.0. The van der Waals surface area contributed by atoms with Crippen LogP contribution in [0.4, 0.5) is 11.4 Å². The van der Waals surface area contributed by atoms with Crippen LogP contribution in [0.5, 0.6) is 0 Å². The van der Waals surface area contributed by atoms with Crippen molar-refractivity contribution in [2.24, 2.45) is 0 Å². The fourth-order valence-corrected chi connectivity index (χ4v) is 11.3. The number of hydrogen-bond acceptors (Lipinski definition) is 5. The molecule has 2 aromatic heterocycles. The van der Waals surface area contributed by atoms with Crippen molar-refractivity contribution in [3.63, 3.8) is 0 Å². The van der Waals surface area contributed by atoms with E-state index >= 15 is 0 Å². The molecule has 62 heavy (non-hydrogen) atoms. The van der Waals surface area contributed by atoms with Gasteiger partial charge < -0.3 is 4.90 Å². The quantitative estimate of drug-likeness (QED) is 0.161. The number of nitrogens with zero attached hydrogens (tertiary/aromatic N) is 4. The lowest BCUT2D eigenvalue weighted by Crippen LogP contribution is -2.32. The molecule has 12 rings (SSSR count). The number of fused-ring (bicyclic) bond motifs is 7. The normalized spacial score (nSPS) is 15.8. The molecule has 8 aromatic carbocycles. The molecular formula is C57H42N4S. The largest absolute Gasteiger partial charge is 0.336 e. The highest BCUT2D eigenvalue weighted by Gasteiger charge is 2.43. The summed E-state index contributed by atoms with van der Waals surface area (Å²) in [5, 5.41) is 2.65. The molecule has 10 aromatic rings. The van der Waals surface area contributed by atoms with E-state index in [0.717, 1.165) is 39.9 Å². The molecule has 0 amide bonds. The number of aromatic nitrogens is 3. The van der Waals surface area contributed by atoms with Crippen molar-refractivity contribution in [2.75, 3.05) is 4.90 Å². The van der Waals surface area contributed by atoms with Crippen molar-refractivity contribution in [1.29, 1.82) is 0 Å². The molecule has 1 aliphatic heterocycles. The van der Waals surface area contributed by atoms with Crippen LogP contribution in [0.15, 0.2) is 194 Å². The summed E-state index contributed by atoms with van der Waals surface area (Å²) >= 11 is 1.93. The Hall–Kier alpha value is -7.21. The second kappa shape index (κ2) is 15.4. The van der Waals surface area contributed by atoms with Gasteiger partial charge in [-0.2, -0.15) is 0 Å². The van der Waals surface area contributed by atoms with Crippen LogP contribution in [-0.4, -0.2) is 21.0 Å². The van der Waals surface area contributed by atoms with E-state index in [9.17, 15) is 0 Å². The van der Waals surface area contributed by atoms with Gasteiger partial charge in [-0.05, 0) is 76.1 Å². The molecule has 296 valence electrons. The summed E-state index contributed by atoms with van der Waals surface area (Å²) in [4.78, 5) is 18.6. The number of benzene rings is 8. The Bertz CT molecular complexity index is 3200. The lowest BCUT2D eigenvalue weighted by atomic mass is 9.82. The van der Waals surface area contributed by atoms with Crippen LogP contribution >= 0.6 is 11.3 Å². The Balaban J connectivity index is 1.12. The van der Waals surface area contributed by atoms with Crippen molar-refractivity contribution < 1.29 is 0 Å². The predicted molar refractivity (Wildman–Crippen MR) is 259 cm³/mol. The zero-order valence-electron chi connectivity index (χ0n) is 34.2. The summed E-state index contributed by atoms with van der Waals surface area (Å²) in [7, 11) is 0. The summed E-state index contributed by atoms with van der Waals surface area (Å²) in [6.45, 7) is 0. The van der Waals surface area contributed by atoms with Crippen molar-refractivity contribution >= 4 is 42.9 Å². The van der Waals surface area contributed by atoms with Crippen LogP contribution < -0.4 is 4.90 Å². The van der Waals surface area contributed by atoms with Crippen LogP contribution in [0.25, 0.3) is 87.7 Å². The average molecular weight is 815 g/mol. The van der Waals surface area contributed by atoms with Crippen LogP contribution in [0, 0.1) is 0 Å². The van der Waals surface area contributed by atoms with Crippen molar-refractivity contribution in [2.45, 2.75) is 37.6 Å². The average Bonchev–Trinajstić information content (AvgIpc) is 3.91. The lowest BCUT2D eigenvalue weighted by Gasteiger charge is -2.35. The highest BCUT2D eigenvalue weighted by atomic mass is 32.1. The zero-order valence-corrected chi connectivity index (χ0v) is 35.0. The molecule has 0 spiro atoms. The molecule has 4 nitrogen and oxygen atoms in total. The minimum absolute atomic E-state index is 0.332. The summed E-state index contributed by atoms with van der Waals surface area (Å²) < 4.78 is 2.69. The standard InChI is InChI=1S/C57H42N4S/c1-5-17-37(18-6-1)43-31-29-41(35-48(43)38-19-7-2-8-20-38)42-30-34-51(49(36-42)57-59-55(39-21-9-3-10-22-39)58-56(60-57)40-23-11-4-12-24-40)61-50-27-15-13-25-44(50)46-32-33-47-45-26-14-16-28-52(45)62-54(47)53(46)61/h1-12,14,16-24,26,28-36,44,50H,13,15,25,27H2. The smallest absolute Gasteiger partial charge is 0.166 e. The van der Waals surface area contributed by atoms with Gasteiger partial charge >= 0.3 is 0 Å². The summed E-state index contributed by atoms with van der Waals surface area (Å²) in [5.41, 5.74) is 13.9. The van der Waals surface area contributed by atoms with Crippen molar-refractivity contribution in [3.05, 3.63) is 200 Å². The van der Waals surface area contributed by atoms with E-state index in [1.54, 1.807) is 0 Å². The summed E-state index contributed by atoms with van der Waals surface area (Å²) in [6.07, 6.45) is 4.79. The Labute approximate surface area is 365 Å². The highest BCUT2D eigenvalue weighted by Crippen LogP contribution is 2.57.